The Bertz CT molecular complexity index is 825. The van der Waals surface area contributed by atoms with E-state index in [1.807, 2.05) is 20.8 Å². The molecule has 1 heterocycles. The number of nitrogens with zero attached hydrogens (tertiary/aromatic N) is 4. The second-order valence-electron chi connectivity index (χ2n) is 9.24. The van der Waals surface area contributed by atoms with Gasteiger partial charge in [0.1, 0.15) is 5.60 Å². The minimum Gasteiger partial charge on any atom is -0.452 e. The van der Waals surface area contributed by atoms with Crippen LogP contribution in [0.25, 0.3) is 0 Å². The zero-order chi connectivity index (χ0) is 25.6. The first-order valence-electron chi connectivity index (χ1n) is 10.1. The number of hydrogen-bond donors (Lipinski definition) is 1. The van der Waals surface area contributed by atoms with Crippen molar-refractivity contribution >= 4 is 29.8 Å². The first kappa shape index (κ1) is 28.6. The van der Waals surface area contributed by atoms with Gasteiger partial charge in [0.2, 0.25) is 0 Å². The van der Waals surface area contributed by atoms with Gasteiger partial charge >= 0.3 is 18.4 Å². The van der Waals surface area contributed by atoms with Gasteiger partial charge in [-0.05, 0) is 32.4 Å². The van der Waals surface area contributed by atoms with E-state index in [2.05, 4.69) is 15.3 Å². The van der Waals surface area contributed by atoms with Gasteiger partial charge in [0.15, 0.2) is 16.7 Å². The largest absolute Gasteiger partial charge is 0.452 e. The molecule has 0 aliphatic carbocycles. The second-order valence-corrected chi connectivity index (χ2v) is 10.0. The lowest BCUT2D eigenvalue weighted by Gasteiger charge is -2.38. The Morgan fingerprint density at radius 1 is 1.12 bits per heavy atom. The number of halogens is 3. The SMILES string of the molecule is COC(=O)N(CCNC(=O)OC(C)(C)C)N(CC(C)(C)C)c1cc(C(F)(F)F)nc(SC)n1. The molecule has 0 radical (unpaired) electrons. The van der Waals surface area contributed by atoms with E-state index in [1.165, 1.54) is 5.01 Å². The normalized spacial score (nSPS) is 12.2. The molecule has 0 saturated carbocycles. The number of amides is 2. The molecule has 0 atom stereocenters. The van der Waals surface area contributed by atoms with Gasteiger partial charge in [0.05, 0.1) is 13.7 Å². The Hall–Kier alpha value is -2.44. The van der Waals surface area contributed by atoms with E-state index in [9.17, 15) is 22.8 Å². The molecule has 0 fully saturated rings. The molecule has 1 rings (SSSR count). The van der Waals surface area contributed by atoms with Crippen molar-refractivity contribution in [1.29, 1.82) is 0 Å². The summed E-state index contributed by atoms with van der Waals surface area (Å²) in [4.78, 5) is 32.3. The van der Waals surface area contributed by atoms with Crippen LogP contribution in [-0.2, 0) is 15.7 Å². The summed E-state index contributed by atoms with van der Waals surface area (Å²) in [6.07, 6.45) is -4.68. The Morgan fingerprint density at radius 3 is 2.18 bits per heavy atom. The quantitative estimate of drug-likeness (QED) is 0.334. The van der Waals surface area contributed by atoms with E-state index >= 15 is 0 Å². The maximum absolute atomic E-state index is 13.5. The number of nitrogens with one attached hydrogen (secondary N) is 1. The summed E-state index contributed by atoms with van der Waals surface area (Å²) in [6, 6.07) is 0.780. The summed E-state index contributed by atoms with van der Waals surface area (Å²) in [5, 5.41) is 4.82. The summed E-state index contributed by atoms with van der Waals surface area (Å²) < 4.78 is 50.4. The number of methoxy groups -OCH3 is 1. The molecule has 1 N–H and O–H groups in total. The molecule has 0 aliphatic rings. The number of carbonyl (C=O) groups excluding carboxylic acids is 2. The van der Waals surface area contributed by atoms with Gasteiger partial charge in [0, 0.05) is 19.2 Å². The highest BCUT2D eigenvalue weighted by Gasteiger charge is 2.36. The minimum absolute atomic E-state index is 0.0444. The predicted octanol–water partition coefficient (Wildman–Crippen LogP) is 4.58. The van der Waals surface area contributed by atoms with E-state index in [-0.39, 0.29) is 30.6 Å². The van der Waals surface area contributed by atoms with Crippen molar-refractivity contribution < 1.29 is 32.2 Å². The molecular formula is C20H32F3N5O4S. The first-order chi connectivity index (χ1) is 15.0. The van der Waals surface area contributed by atoms with E-state index in [0.29, 0.717) is 0 Å². The zero-order valence-corrected chi connectivity index (χ0v) is 21.0. The van der Waals surface area contributed by atoms with Crippen molar-refractivity contribution in [2.24, 2.45) is 5.41 Å². The molecule has 9 nitrogen and oxygen atoms in total. The Balaban J connectivity index is 3.34. The monoisotopic (exact) mass is 495 g/mol. The third-order valence-corrected chi connectivity index (χ3v) is 4.27. The molecule has 0 spiro atoms. The van der Waals surface area contributed by atoms with Crippen molar-refractivity contribution in [3.05, 3.63) is 11.8 Å². The van der Waals surface area contributed by atoms with Gasteiger partial charge in [-0.2, -0.15) is 13.2 Å². The lowest BCUT2D eigenvalue weighted by atomic mass is 9.96. The van der Waals surface area contributed by atoms with Crippen molar-refractivity contribution in [1.82, 2.24) is 20.3 Å². The average molecular weight is 496 g/mol. The number of hydrogen-bond acceptors (Lipinski definition) is 8. The number of rotatable bonds is 7. The van der Waals surface area contributed by atoms with Crippen molar-refractivity contribution in [3.8, 4) is 0 Å². The van der Waals surface area contributed by atoms with Gasteiger partial charge in [-0.25, -0.2) is 24.6 Å². The number of carbonyl (C=O) groups is 2. The molecule has 13 heteroatoms. The number of alkyl halides is 3. The molecule has 0 aromatic carbocycles. The molecule has 0 aliphatic heterocycles. The van der Waals surface area contributed by atoms with Crippen LogP contribution in [0.5, 0.6) is 0 Å². The van der Waals surface area contributed by atoms with E-state index in [4.69, 9.17) is 9.47 Å². The fraction of sp³-hybridized carbons (Fsp3) is 0.700. The zero-order valence-electron chi connectivity index (χ0n) is 20.2. The fourth-order valence-electron chi connectivity index (χ4n) is 2.51. The van der Waals surface area contributed by atoms with Crippen LogP contribution in [-0.4, -0.2) is 65.8 Å². The van der Waals surface area contributed by atoms with Crippen LogP contribution in [0.2, 0.25) is 0 Å². The lowest BCUT2D eigenvalue weighted by Crippen LogP contribution is -2.53. The van der Waals surface area contributed by atoms with Crippen molar-refractivity contribution in [2.75, 3.05) is 38.0 Å². The molecule has 33 heavy (non-hydrogen) atoms. The number of hydrazine groups is 1. The standard InChI is InChI=1S/C20H32F3N5O4S/c1-18(2,3)12-28(14-11-13(20(21,22)23)25-15(26-14)33-8)27(17(30)31-7)10-9-24-16(29)32-19(4,5)6/h11H,9-10,12H2,1-8H3,(H,24,29). The Morgan fingerprint density at radius 2 is 1.73 bits per heavy atom. The van der Waals surface area contributed by atoms with E-state index in [0.717, 1.165) is 29.9 Å². The number of ether oxygens (including phenoxy) is 2. The Labute approximate surface area is 196 Å². The van der Waals surface area contributed by atoms with E-state index < -0.39 is 35.1 Å². The first-order valence-corrected chi connectivity index (χ1v) is 11.3. The smallest absolute Gasteiger partial charge is 0.433 e. The van der Waals surface area contributed by atoms with Crippen LogP contribution in [0.1, 0.15) is 47.2 Å². The van der Waals surface area contributed by atoms with Gasteiger partial charge in [-0.3, -0.25) is 5.01 Å². The maximum Gasteiger partial charge on any atom is 0.433 e. The van der Waals surface area contributed by atoms with Gasteiger partial charge in [-0.1, -0.05) is 32.5 Å². The topological polar surface area (TPSA) is 96.9 Å². The highest BCUT2D eigenvalue weighted by molar-refractivity contribution is 7.98. The van der Waals surface area contributed by atoms with Crippen LogP contribution >= 0.6 is 11.8 Å². The minimum atomic E-state index is -4.70. The van der Waals surface area contributed by atoms with Gasteiger partial charge in [-0.15, -0.1) is 0 Å². The summed E-state index contributed by atoms with van der Waals surface area (Å²) in [7, 11) is 1.15. The van der Waals surface area contributed by atoms with Crippen LogP contribution in [0.3, 0.4) is 0 Å². The third kappa shape index (κ3) is 9.93. The highest BCUT2D eigenvalue weighted by Crippen LogP contribution is 2.32. The number of aromatic nitrogens is 2. The molecule has 0 unspecified atom stereocenters. The molecular weight excluding hydrogens is 463 g/mol. The number of alkyl carbamates (subject to hydrolysis) is 1. The maximum atomic E-state index is 13.5. The number of anilines is 1. The summed E-state index contributed by atoms with van der Waals surface area (Å²) in [5.74, 6) is -0.126. The summed E-state index contributed by atoms with van der Waals surface area (Å²) >= 11 is 0.944. The third-order valence-electron chi connectivity index (χ3n) is 3.72. The van der Waals surface area contributed by atoms with Crippen molar-refractivity contribution in [2.45, 2.75) is 58.5 Å². The molecule has 0 bridgehead atoms. The average Bonchev–Trinajstić information content (AvgIpc) is 2.66. The van der Waals surface area contributed by atoms with E-state index in [1.54, 1.807) is 27.0 Å². The van der Waals surface area contributed by atoms with Crippen LogP contribution in [0.15, 0.2) is 11.2 Å². The van der Waals surface area contributed by atoms with Gasteiger partial charge in [0.25, 0.3) is 0 Å². The molecule has 188 valence electrons. The van der Waals surface area contributed by atoms with Crippen molar-refractivity contribution in [3.63, 3.8) is 0 Å². The lowest BCUT2D eigenvalue weighted by molar-refractivity contribution is -0.141. The fourth-order valence-corrected chi connectivity index (χ4v) is 2.89. The summed E-state index contributed by atoms with van der Waals surface area (Å²) in [5.41, 5.74) is -2.30. The Kier molecular flexibility index (Phi) is 9.64. The molecule has 1 aromatic heterocycles. The molecule has 1 aromatic rings. The predicted molar refractivity (Wildman–Crippen MR) is 119 cm³/mol. The summed E-state index contributed by atoms with van der Waals surface area (Å²) in [6.45, 7) is 10.6. The van der Waals surface area contributed by atoms with Crippen LogP contribution in [0.4, 0.5) is 28.6 Å². The molecule has 2 amide bonds. The highest BCUT2D eigenvalue weighted by atomic mass is 32.2. The van der Waals surface area contributed by atoms with Gasteiger partial charge < -0.3 is 14.8 Å². The second kappa shape index (κ2) is 11.1. The number of thioether (sulfide) groups is 1. The molecule has 0 saturated heterocycles. The van der Waals surface area contributed by atoms with Crippen LogP contribution < -0.4 is 10.3 Å². The van der Waals surface area contributed by atoms with Crippen LogP contribution in [0, 0.1) is 5.41 Å².